The third-order valence-electron chi connectivity index (χ3n) is 0.923. The van der Waals surface area contributed by atoms with E-state index in [0.717, 1.165) is 13.1 Å². The van der Waals surface area contributed by atoms with Crippen molar-refractivity contribution in [2.75, 3.05) is 20.1 Å². The van der Waals surface area contributed by atoms with E-state index in [4.69, 9.17) is 5.73 Å². The molecule has 0 unspecified atom stereocenters. The molecule has 0 heterocycles. The minimum atomic E-state index is 0.737. The first-order valence-corrected chi connectivity index (χ1v) is 2.51. The van der Waals surface area contributed by atoms with Crippen molar-refractivity contribution in [3.63, 3.8) is 0 Å². The van der Waals surface area contributed by atoms with Crippen molar-refractivity contribution in [2.24, 2.45) is 5.73 Å². The van der Waals surface area contributed by atoms with Crippen molar-refractivity contribution >= 4 is 0 Å². The Morgan fingerprint density at radius 1 is 1.71 bits per heavy atom. The first-order valence-electron chi connectivity index (χ1n) is 2.51. The van der Waals surface area contributed by atoms with Crippen molar-refractivity contribution in [3.05, 3.63) is 6.54 Å². The van der Waals surface area contributed by atoms with Gasteiger partial charge in [-0.05, 0) is 14.0 Å². The van der Waals surface area contributed by atoms with Crippen molar-refractivity contribution in [2.45, 2.75) is 6.92 Å². The highest BCUT2D eigenvalue weighted by molar-refractivity contribution is 4.56. The van der Waals surface area contributed by atoms with Gasteiger partial charge in [-0.2, -0.15) is 0 Å². The monoisotopic (exact) mass is 101 g/mol. The molecule has 0 spiro atoms. The molecule has 2 heteroatoms. The molecule has 0 amide bonds. The average Bonchev–Trinajstić information content (AvgIpc) is 1.68. The lowest BCUT2D eigenvalue weighted by molar-refractivity contribution is 0.421. The summed E-state index contributed by atoms with van der Waals surface area (Å²) in [6, 6.07) is 0. The summed E-state index contributed by atoms with van der Waals surface area (Å²) >= 11 is 0. The lowest BCUT2D eigenvalue weighted by Gasteiger charge is -2.09. The van der Waals surface area contributed by atoms with Gasteiger partial charge in [0.1, 0.15) is 0 Å². The summed E-state index contributed by atoms with van der Waals surface area (Å²) in [5.74, 6) is 0. The quantitative estimate of drug-likeness (QED) is 0.544. The molecule has 0 saturated carbocycles. The van der Waals surface area contributed by atoms with Crippen LogP contribution in [0.3, 0.4) is 0 Å². The van der Waals surface area contributed by atoms with Crippen LogP contribution in [0.5, 0.6) is 0 Å². The zero-order valence-electron chi connectivity index (χ0n) is 5.02. The van der Waals surface area contributed by atoms with Crippen LogP contribution in [0.15, 0.2) is 0 Å². The number of likely N-dealkylation sites (N-methyl/N-ethyl adjacent to an activating group) is 1. The Hall–Kier alpha value is -0.0800. The van der Waals surface area contributed by atoms with Crippen LogP contribution >= 0.6 is 0 Å². The summed E-state index contributed by atoms with van der Waals surface area (Å²) in [5, 5.41) is 0. The van der Waals surface area contributed by atoms with Crippen LogP contribution in [0.4, 0.5) is 0 Å². The molecule has 0 bridgehead atoms. The Morgan fingerprint density at radius 3 is 2.43 bits per heavy atom. The molecule has 43 valence electrons. The lowest BCUT2D eigenvalue weighted by atomic mass is 10.5. The summed E-state index contributed by atoms with van der Waals surface area (Å²) < 4.78 is 0. The van der Waals surface area contributed by atoms with Crippen LogP contribution in [0, 0.1) is 6.54 Å². The molecule has 7 heavy (non-hydrogen) atoms. The minimum absolute atomic E-state index is 0.737. The second-order valence-electron chi connectivity index (χ2n) is 1.53. The average molecular weight is 101 g/mol. The van der Waals surface area contributed by atoms with Crippen molar-refractivity contribution in [3.8, 4) is 0 Å². The first-order chi connectivity index (χ1) is 3.31. The van der Waals surface area contributed by atoms with Crippen LogP contribution in [0.1, 0.15) is 6.92 Å². The second kappa shape index (κ2) is 4.09. The van der Waals surface area contributed by atoms with E-state index in [-0.39, 0.29) is 0 Å². The van der Waals surface area contributed by atoms with E-state index in [1.54, 1.807) is 0 Å². The van der Waals surface area contributed by atoms with Gasteiger partial charge < -0.3 is 10.6 Å². The first kappa shape index (κ1) is 6.92. The van der Waals surface area contributed by atoms with E-state index in [1.807, 2.05) is 20.5 Å². The van der Waals surface area contributed by atoms with Gasteiger partial charge in [-0.1, -0.05) is 0 Å². The maximum absolute atomic E-state index is 5.24. The molecule has 1 radical (unpaired) electrons. The molecule has 0 aromatic rings. The van der Waals surface area contributed by atoms with Gasteiger partial charge in [0.2, 0.25) is 0 Å². The predicted octanol–water partition coefficient (Wildman–Crippen LogP) is 0.0586. The molecule has 0 rings (SSSR count). The van der Waals surface area contributed by atoms with Crippen molar-refractivity contribution in [1.82, 2.24) is 4.90 Å². The summed E-state index contributed by atoms with van der Waals surface area (Å²) in [6.45, 7) is 5.69. The second-order valence-corrected chi connectivity index (χ2v) is 1.53. The maximum atomic E-state index is 5.24. The van der Waals surface area contributed by atoms with E-state index in [1.165, 1.54) is 0 Å². The van der Waals surface area contributed by atoms with Crippen molar-refractivity contribution < 1.29 is 0 Å². The van der Waals surface area contributed by atoms with Crippen LogP contribution < -0.4 is 5.73 Å². The molecule has 0 saturated heterocycles. The Morgan fingerprint density at radius 2 is 2.29 bits per heavy atom. The molecule has 0 atom stereocenters. The standard InChI is InChI=1S/C5H13N2/c1-3-7(2)5-4-6/h3H,4-6H2,1-2H3. The molecule has 0 aliphatic carbocycles. The van der Waals surface area contributed by atoms with Gasteiger partial charge in [-0.25, -0.2) is 0 Å². The summed E-state index contributed by atoms with van der Waals surface area (Å²) in [7, 11) is 2.01. The normalized spacial score (nSPS) is 10.3. The number of hydrogen-bond acceptors (Lipinski definition) is 2. The smallest absolute Gasteiger partial charge is 0.0218 e. The third-order valence-corrected chi connectivity index (χ3v) is 0.923. The van der Waals surface area contributed by atoms with Crippen LogP contribution in [-0.4, -0.2) is 25.0 Å². The summed E-state index contributed by atoms with van der Waals surface area (Å²) in [5.41, 5.74) is 5.24. The molecule has 0 aromatic heterocycles. The van der Waals surface area contributed by atoms with E-state index in [2.05, 4.69) is 4.90 Å². The maximum Gasteiger partial charge on any atom is 0.0218 e. The highest BCUT2D eigenvalue weighted by atomic mass is 15.1. The molecule has 0 aromatic carbocycles. The molecule has 2 nitrogen and oxygen atoms in total. The van der Waals surface area contributed by atoms with Crippen LogP contribution in [0.25, 0.3) is 0 Å². The van der Waals surface area contributed by atoms with E-state index < -0.39 is 0 Å². The summed E-state index contributed by atoms with van der Waals surface area (Å²) in [6.07, 6.45) is 0. The topological polar surface area (TPSA) is 29.3 Å². The third kappa shape index (κ3) is 3.76. The van der Waals surface area contributed by atoms with Gasteiger partial charge in [0, 0.05) is 19.6 Å². The lowest BCUT2D eigenvalue weighted by Crippen LogP contribution is -2.21. The highest BCUT2D eigenvalue weighted by Gasteiger charge is 1.87. The SMILES string of the molecule is C[CH]N(C)CCN. The minimum Gasteiger partial charge on any atom is -0.329 e. The van der Waals surface area contributed by atoms with Gasteiger partial charge in [-0.15, -0.1) is 0 Å². The Bertz CT molecular complexity index is 37.1. The van der Waals surface area contributed by atoms with E-state index >= 15 is 0 Å². The van der Waals surface area contributed by atoms with Crippen LogP contribution in [-0.2, 0) is 0 Å². The molecular weight excluding hydrogens is 88.1 g/mol. The number of nitrogens with zero attached hydrogens (tertiary/aromatic N) is 1. The number of nitrogens with two attached hydrogens (primary N) is 1. The molecule has 0 aliphatic rings. The van der Waals surface area contributed by atoms with Gasteiger partial charge in [0.15, 0.2) is 0 Å². The molecule has 0 fully saturated rings. The zero-order chi connectivity index (χ0) is 5.70. The Kier molecular flexibility index (Phi) is 4.04. The molecule has 2 N–H and O–H groups in total. The fourth-order valence-corrected chi connectivity index (χ4v) is 0.333. The summed E-state index contributed by atoms with van der Waals surface area (Å²) in [4.78, 5) is 2.06. The van der Waals surface area contributed by atoms with E-state index in [0.29, 0.717) is 0 Å². The fraction of sp³-hybridized carbons (Fsp3) is 0.800. The largest absolute Gasteiger partial charge is 0.329 e. The van der Waals surface area contributed by atoms with Gasteiger partial charge in [0.05, 0.1) is 0 Å². The van der Waals surface area contributed by atoms with Gasteiger partial charge in [0.25, 0.3) is 0 Å². The zero-order valence-corrected chi connectivity index (χ0v) is 5.02. The number of rotatable bonds is 3. The fourth-order valence-electron chi connectivity index (χ4n) is 0.333. The Labute approximate surface area is 45.3 Å². The van der Waals surface area contributed by atoms with Crippen molar-refractivity contribution in [1.29, 1.82) is 0 Å². The van der Waals surface area contributed by atoms with Gasteiger partial charge in [-0.3, -0.25) is 0 Å². The van der Waals surface area contributed by atoms with Gasteiger partial charge >= 0.3 is 0 Å². The highest BCUT2D eigenvalue weighted by Crippen LogP contribution is 1.80. The van der Waals surface area contributed by atoms with Crippen LogP contribution in [0.2, 0.25) is 0 Å². The molecular formula is C5H13N2. The predicted molar refractivity (Wildman–Crippen MR) is 31.7 cm³/mol. The number of hydrogen-bond donors (Lipinski definition) is 1. The Balaban J connectivity index is 2.83. The molecule has 0 aliphatic heterocycles. The van der Waals surface area contributed by atoms with E-state index in [9.17, 15) is 0 Å².